The van der Waals surface area contributed by atoms with Crippen LogP contribution in [-0.4, -0.2) is 72.2 Å². The van der Waals surface area contributed by atoms with Gasteiger partial charge in [-0.05, 0) is 56.1 Å². The number of ether oxygens (including phenoxy) is 2. The Bertz CT molecular complexity index is 1310. The lowest BCUT2D eigenvalue weighted by Gasteiger charge is -2.31. The molecule has 0 spiro atoms. The molecular weight excluding hydrogens is 558 g/mol. The van der Waals surface area contributed by atoms with Crippen LogP contribution in [0.15, 0.2) is 36.7 Å². The molecule has 5 rings (SSSR count). The van der Waals surface area contributed by atoms with Crippen LogP contribution >= 0.6 is 23.2 Å². The summed E-state index contributed by atoms with van der Waals surface area (Å²) in [4.78, 5) is 29.2. The number of pyridine rings is 1. The van der Waals surface area contributed by atoms with Crippen molar-refractivity contribution in [2.75, 3.05) is 51.3 Å². The molecule has 0 amide bonds. The van der Waals surface area contributed by atoms with E-state index in [0.717, 1.165) is 57.9 Å². The van der Waals surface area contributed by atoms with Gasteiger partial charge in [-0.1, -0.05) is 23.2 Å². The van der Waals surface area contributed by atoms with Crippen molar-refractivity contribution in [3.63, 3.8) is 0 Å². The third-order valence-electron chi connectivity index (χ3n) is 7.20. The van der Waals surface area contributed by atoms with E-state index in [0.29, 0.717) is 39.8 Å². The molecular formula is C28H31Cl2FN6O3. The summed E-state index contributed by atoms with van der Waals surface area (Å²) in [5.74, 6) is 0.170. The number of hydrogen-bond acceptors (Lipinski definition) is 9. The van der Waals surface area contributed by atoms with Crippen molar-refractivity contribution in [2.45, 2.75) is 25.8 Å². The lowest BCUT2D eigenvalue weighted by atomic mass is 9.93. The molecule has 1 N–H and O–H groups in total. The molecule has 3 aromatic rings. The number of methoxy groups -OCH3 is 1. The summed E-state index contributed by atoms with van der Waals surface area (Å²) in [6.45, 7) is 5.23. The van der Waals surface area contributed by atoms with Crippen molar-refractivity contribution in [2.24, 2.45) is 5.92 Å². The second kappa shape index (κ2) is 13.1. The summed E-state index contributed by atoms with van der Waals surface area (Å²) in [5.41, 5.74) is 1.54. The van der Waals surface area contributed by atoms with Crippen molar-refractivity contribution in [1.82, 2.24) is 25.2 Å². The molecule has 0 unspecified atom stereocenters. The average molecular weight is 589 g/mol. The van der Waals surface area contributed by atoms with Gasteiger partial charge in [-0.2, -0.15) is 0 Å². The van der Waals surface area contributed by atoms with Crippen molar-refractivity contribution in [3.8, 4) is 23.0 Å². The number of carbonyl (C=O) groups excluding carboxylic acids is 1. The fourth-order valence-electron chi connectivity index (χ4n) is 5.02. The van der Waals surface area contributed by atoms with E-state index in [1.54, 1.807) is 30.5 Å². The van der Waals surface area contributed by atoms with Gasteiger partial charge in [0.15, 0.2) is 5.82 Å². The standard InChI is InChI=1S/C28H31Cl2FN6O3/c1-39-26(38)10-18-2-6-36(7-3-18)17-20-13-23(19-11-21(29)14-22(30)12-19)35-28(27(20)31)40-25-16-33-24(15-34-25)37-8-4-32-5-9-37/h11-16,18,32H,2-10,17H2,1H3. The average Bonchev–Trinajstić information content (AvgIpc) is 2.96. The first-order valence-corrected chi connectivity index (χ1v) is 14.0. The Labute approximate surface area is 242 Å². The molecule has 4 heterocycles. The predicted octanol–water partition coefficient (Wildman–Crippen LogP) is 4.96. The molecule has 0 atom stereocenters. The highest BCUT2D eigenvalue weighted by molar-refractivity contribution is 6.35. The molecule has 1 aromatic carbocycles. The molecule has 212 valence electrons. The second-order valence-electron chi connectivity index (χ2n) is 10.00. The Morgan fingerprint density at radius 1 is 1.05 bits per heavy atom. The number of rotatable bonds is 8. The highest BCUT2D eigenvalue weighted by atomic mass is 35.5. The fraction of sp³-hybridized carbons (Fsp3) is 0.429. The lowest BCUT2D eigenvalue weighted by Crippen LogP contribution is -2.43. The van der Waals surface area contributed by atoms with Crippen LogP contribution in [-0.2, 0) is 16.1 Å². The van der Waals surface area contributed by atoms with E-state index in [9.17, 15) is 4.79 Å². The van der Waals surface area contributed by atoms with Crippen LogP contribution in [0.4, 0.5) is 10.2 Å². The third kappa shape index (κ3) is 7.17. The van der Waals surface area contributed by atoms with Gasteiger partial charge in [0.2, 0.25) is 5.88 Å². The third-order valence-corrected chi connectivity index (χ3v) is 7.64. The van der Waals surface area contributed by atoms with Gasteiger partial charge in [-0.15, -0.1) is 0 Å². The number of piperidine rings is 1. The zero-order valence-electron chi connectivity index (χ0n) is 22.2. The molecule has 2 saturated heterocycles. The summed E-state index contributed by atoms with van der Waals surface area (Å²) in [6.07, 6.45) is 5.17. The first-order chi connectivity index (χ1) is 19.4. The fourth-order valence-corrected chi connectivity index (χ4v) is 5.54. The monoisotopic (exact) mass is 588 g/mol. The molecule has 0 saturated carbocycles. The number of likely N-dealkylation sites (tertiary alicyclic amines) is 1. The maximum absolute atomic E-state index is 15.8. The number of benzene rings is 1. The number of aromatic nitrogens is 3. The zero-order chi connectivity index (χ0) is 28.1. The van der Waals surface area contributed by atoms with Crippen LogP contribution in [0.5, 0.6) is 11.8 Å². The van der Waals surface area contributed by atoms with Gasteiger partial charge in [0.1, 0.15) is 5.82 Å². The van der Waals surface area contributed by atoms with E-state index in [4.69, 9.17) is 32.7 Å². The molecule has 2 fully saturated rings. The minimum absolute atomic E-state index is 0.140. The van der Waals surface area contributed by atoms with E-state index < -0.39 is 5.82 Å². The molecule has 9 nitrogen and oxygen atoms in total. The summed E-state index contributed by atoms with van der Waals surface area (Å²) in [7, 11) is 1.40. The molecule has 0 radical (unpaired) electrons. The molecule has 2 aliphatic rings. The maximum atomic E-state index is 15.8. The van der Waals surface area contributed by atoms with Gasteiger partial charge < -0.3 is 19.7 Å². The van der Waals surface area contributed by atoms with Crippen LogP contribution in [0.25, 0.3) is 11.3 Å². The molecule has 0 bridgehead atoms. The highest BCUT2D eigenvalue weighted by Crippen LogP contribution is 2.33. The summed E-state index contributed by atoms with van der Waals surface area (Å²) >= 11 is 12.5. The van der Waals surface area contributed by atoms with Crippen molar-refractivity contribution < 1.29 is 18.7 Å². The molecule has 0 aliphatic carbocycles. The topological polar surface area (TPSA) is 92.7 Å². The number of anilines is 1. The minimum Gasteiger partial charge on any atom is -0.469 e. The van der Waals surface area contributed by atoms with Gasteiger partial charge >= 0.3 is 5.97 Å². The molecule has 2 aromatic heterocycles. The Morgan fingerprint density at radius 3 is 2.42 bits per heavy atom. The van der Waals surface area contributed by atoms with Crippen LogP contribution < -0.4 is 15.0 Å². The first-order valence-electron chi connectivity index (χ1n) is 13.3. The zero-order valence-corrected chi connectivity index (χ0v) is 23.7. The number of nitrogens with one attached hydrogen (secondary N) is 1. The SMILES string of the molecule is COC(=O)CC1CCN(Cc2cc(-c3cc(Cl)cc(Cl)c3)nc(Oc3cnc(N4CCNCC4)cn3)c2F)CC1. The highest BCUT2D eigenvalue weighted by Gasteiger charge is 2.25. The van der Waals surface area contributed by atoms with E-state index in [1.165, 1.54) is 13.3 Å². The van der Waals surface area contributed by atoms with E-state index in [1.807, 2.05) is 0 Å². The first kappa shape index (κ1) is 28.5. The van der Waals surface area contributed by atoms with Crippen LogP contribution in [0.2, 0.25) is 10.0 Å². The van der Waals surface area contributed by atoms with Crippen LogP contribution in [0.3, 0.4) is 0 Å². The van der Waals surface area contributed by atoms with E-state index >= 15 is 4.39 Å². The van der Waals surface area contributed by atoms with E-state index in [2.05, 4.69) is 30.1 Å². The molecule has 40 heavy (non-hydrogen) atoms. The van der Waals surface area contributed by atoms with E-state index in [-0.39, 0.29) is 23.6 Å². The molecule has 12 heteroatoms. The minimum atomic E-state index is -0.568. The maximum Gasteiger partial charge on any atom is 0.305 e. The van der Waals surface area contributed by atoms with Gasteiger partial charge in [-0.3, -0.25) is 9.69 Å². The van der Waals surface area contributed by atoms with Gasteiger partial charge in [-0.25, -0.2) is 19.3 Å². The summed E-state index contributed by atoms with van der Waals surface area (Å²) in [6, 6.07) is 6.77. The number of esters is 1. The van der Waals surface area contributed by atoms with Gasteiger partial charge in [0, 0.05) is 60.3 Å². The smallest absolute Gasteiger partial charge is 0.305 e. The summed E-state index contributed by atoms with van der Waals surface area (Å²) < 4.78 is 26.5. The van der Waals surface area contributed by atoms with Gasteiger partial charge in [0.05, 0.1) is 25.2 Å². The second-order valence-corrected chi connectivity index (χ2v) is 10.9. The predicted molar refractivity (Wildman–Crippen MR) is 151 cm³/mol. The number of halogens is 3. The number of nitrogens with zero attached hydrogens (tertiary/aromatic N) is 5. The number of carbonyl (C=O) groups is 1. The Balaban J connectivity index is 1.38. The van der Waals surface area contributed by atoms with Crippen LogP contribution in [0, 0.1) is 11.7 Å². The summed E-state index contributed by atoms with van der Waals surface area (Å²) in [5, 5.41) is 4.19. The molecule has 2 aliphatic heterocycles. The van der Waals surface area contributed by atoms with Crippen molar-refractivity contribution in [1.29, 1.82) is 0 Å². The van der Waals surface area contributed by atoms with Gasteiger partial charge in [0.25, 0.3) is 5.88 Å². The largest absolute Gasteiger partial charge is 0.469 e. The lowest BCUT2D eigenvalue weighted by molar-refractivity contribution is -0.142. The quantitative estimate of drug-likeness (QED) is 0.366. The number of piperazine rings is 1. The number of hydrogen-bond donors (Lipinski definition) is 1. The van der Waals surface area contributed by atoms with Crippen molar-refractivity contribution in [3.05, 3.63) is 58.1 Å². The Hall–Kier alpha value is -3.05. The van der Waals surface area contributed by atoms with Crippen LogP contribution in [0.1, 0.15) is 24.8 Å². The Morgan fingerprint density at radius 2 is 1.77 bits per heavy atom. The normalized spacial score (nSPS) is 16.6. The Kier molecular flexibility index (Phi) is 9.31. The van der Waals surface area contributed by atoms with Crippen molar-refractivity contribution >= 4 is 35.0 Å².